The van der Waals surface area contributed by atoms with Gasteiger partial charge in [0.05, 0.1) is 5.69 Å². The fourth-order valence-electron chi connectivity index (χ4n) is 2.50. The molecule has 0 aliphatic carbocycles. The number of aromatic nitrogens is 1. The molecule has 4 heteroatoms. The first-order valence-corrected chi connectivity index (χ1v) is 9.51. The van der Waals surface area contributed by atoms with Crippen molar-refractivity contribution in [2.75, 3.05) is 5.32 Å². The van der Waals surface area contributed by atoms with Crippen molar-refractivity contribution in [2.45, 2.75) is 26.7 Å². The Morgan fingerprint density at radius 2 is 1.77 bits per heavy atom. The Balaban J connectivity index is 1.64. The van der Waals surface area contributed by atoms with Gasteiger partial charge in [0.25, 0.3) is 0 Å². The van der Waals surface area contributed by atoms with Gasteiger partial charge in [0.2, 0.25) is 5.91 Å². The van der Waals surface area contributed by atoms with Gasteiger partial charge in [-0.15, -0.1) is 11.3 Å². The zero-order valence-corrected chi connectivity index (χ0v) is 16.0. The Kier molecular flexibility index (Phi) is 5.64. The first kappa shape index (κ1) is 18.1. The molecule has 1 amide bonds. The summed E-state index contributed by atoms with van der Waals surface area (Å²) in [5.74, 6) is 0.330. The molecule has 1 N–H and O–H groups in total. The smallest absolute Gasteiger partial charge is 0.250 e. The summed E-state index contributed by atoms with van der Waals surface area (Å²) in [5, 5.41) is 5.39. The molecule has 0 saturated carbocycles. The van der Waals surface area contributed by atoms with Gasteiger partial charge in [-0.2, -0.15) is 0 Å². The van der Waals surface area contributed by atoms with Gasteiger partial charge in [0, 0.05) is 17.0 Å². The molecule has 3 nitrogen and oxygen atoms in total. The Morgan fingerprint density at radius 1 is 1.08 bits per heavy atom. The summed E-state index contributed by atoms with van der Waals surface area (Å²) in [5.41, 5.74) is 5.43. The molecule has 0 fully saturated rings. The third-order valence-electron chi connectivity index (χ3n) is 4.11. The number of hydrogen-bond acceptors (Lipinski definition) is 3. The van der Waals surface area contributed by atoms with Crippen LogP contribution in [-0.2, 0) is 4.79 Å². The van der Waals surface area contributed by atoms with Crippen molar-refractivity contribution in [2.24, 2.45) is 0 Å². The molecule has 0 atom stereocenters. The summed E-state index contributed by atoms with van der Waals surface area (Å²) in [6.07, 6.45) is 3.33. The number of amides is 1. The van der Waals surface area contributed by atoms with Crippen LogP contribution < -0.4 is 5.32 Å². The number of nitrogens with one attached hydrogen (secondary N) is 1. The lowest BCUT2D eigenvalue weighted by Gasteiger charge is -2.05. The lowest BCUT2D eigenvalue weighted by Crippen LogP contribution is -2.07. The number of carbonyl (C=O) groups excluding carboxylic acids is 1. The minimum atomic E-state index is -0.179. The highest BCUT2D eigenvalue weighted by atomic mass is 32.1. The van der Waals surface area contributed by atoms with E-state index in [1.54, 1.807) is 6.08 Å². The second kappa shape index (κ2) is 8.11. The zero-order valence-electron chi connectivity index (χ0n) is 15.2. The molecule has 0 spiro atoms. The number of carbonyl (C=O) groups is 1. The van der Waals surface area contributed by atoms with Crippen molar-refractivity contribution in [3.63, 3.8) is 0 Å². The van der Waals surface area contributed by atoms with E-state index in [1.807, 2.05) is 36.6 Å². The van der Waals surface area contributed by atoms with Crippen LogP contribution in [-0.4, -0.2) is 10.9 Å². The van der Waals surface area contributed by atoms with Crippen LogP contribution in [0.1, 0.15) is 36.5 Å². The van der Waals surface area contributed by atoms with E-state index in [4.69, 9.17) is 0 Å². The highest BCUT2D eigenvalue weighted by Gasteiger charge is 2.07. The fraction of sp³-hybridized carbons (Fsp3) is 0.182. The van der Waals surface area contributed by atoms with Crippen LogP contribution >= 0.6 is 11.3 Å². The summed E-state index contributed by atoms with van der Waals surface area (Å²) in [6.45, 7) is 6.39. The predicted octanol–water partition coefficient (Wildman–Crippen LogP) is 5.89. The predicted molar refractivity (Wildman–Crippen MR) is 110 cm³/mol. The Bertz CT molecular complexity index is 906. The number of aryl methyl sites for hydroxylation is 1. The second-order valence-electron chi connectivity index (χ2n) is 6.55. The Labute approximate surface area is 158 Å². The number of benzene rings is 2. The topological polar surface area (TPSA) is 42.0 Å². The molecule has 0 radical (unpaired) electrons. The molecule has 1 heterocycles. The van der Waals surface area contributed by atoms with Crippen LogP contribution in [0.5, 0.6) is 0 Å². The molecule has 0 aliphatic rings. The zero-order chi connectivity index (χ0) is 18.5. The normalized spacial score (nSPS) is 11.2. The molecular formula is C22H22N2OS. The van der Waals surface area contributed by atoms with E-state index in [-0.39, 0.29) is 5.91 Å². The SMILES string of the molecule is Cc1ccc(/C=C/C(=O)Nc2nc(-c3ccc(C(C)C)cc3)cs2)cc1. The summed E-state index contributed by atoms with van der Waals surface area (Å²) in [7, 11) is 0. The quantitative estimate of drug-likeness (QED) is 0.575. The van der Waals surface area contributed by atoms with Crippen molar-refractivity contribution in [3.05, 3.63) is 76.7 Å². The maximum Gasteiger partial charge on any atom is 0.250 e. The highest BCUT2D eigenvalue weighted by Crippen LogP contribution is 2.26. The average Bonchev–Trinajstić information content (AvgIpc) is 3.10. The van der Waals surface area contributed by atoms with Crippen molar-refractivity contribution in [3.8, 4) is 11.3 Å². The van der Waals surface area contributed by atoms with Crippen molar-refractivity contribution in [1.82, 2.24) is 4.98 Å². The van der Waals surface area contributed by atoms with Crippen LogP contribution in [0.15, 0.2) is 60.0 Å². The molecule has 132 valence electrons. The van der Waals surface area contributed by atoms with Crippen LogP contribution in [0, 0.1) is 6.92 Å². The molecule has 0 bridgehead atoms. The highest BCUT2D eigenvalue weighted by molar-refractivity contribution is 7.14. The number of anilines is 1. The monoisotopic (exact) mass is 362 g/mol. The van der Waals surface area contributed by atoms with Gasteiger partial charge < -0.3 is 0 Å². The van der Waals surface area contributed by atoms with Crippen LogP contribution in [0.4, 0.5) is 5.13 Å². The summed E-state index contributed by atoms with van der Waals surface area (Å²) < 4.78 is 0. The third kappa shape index (κ3) is 4.67. The largest absolute Gasteiger partial charge is 0.298 e. The van der Waals surface area contributed by atoms with Gasteiger partial charge in [-0.25, -0.2) is 4.98 Å². The van der Waals surface area contributed by atoms with Gasteiger partial charge in [0.1, 0.15) is 0 Å². The standard InChI is InChI=1S/C22H22N2OS/c1-15(2)18-9-11-19(12-10-18)20-14-26-22(23-20)24-21(25)13-8-17-6-4-16(3)5-7-17/h4-15H,1-3H3,(H,23,24,25)/b13-8+. The molecular weight excluding hydrogens is 340 g/mol. The molecule has 0 unspecified atom stereocenters. The maximum absolute atomic E-state index is 12.1. The summed E-state index contributed by atoms with van der Waals surface area (Å²) in [4.78, 5) is 16.6. The van der Waals surface area contributed by atoms with Gasteiger partial charge in [-0.05, 0) is 30.0 Å². The van der Waals surface area contributed by atoms with E-state index >= 15 is 0 Å². The summed E-state index contributed by atoms with van der Waals surface area (Å²) >= 11 is 1.43. The van der Waals surface area contributed by atoms with Gasteiger partial charge in [-0.3, -0.25) is 10.1 Å². The van der Waals surface area contributed by atoms with E-state index in [0.717, 1.165) is 16.8 Å². The third-order valence-corrected chi connectivity index (χ3v) is 4.87. The number of nitrogens with zero attached hydrogens (tertiary/aromatic N) is 1. The first-order valence-electron chi connectivity index (χ1n) is 8.63. The summed E-state index contributed by atoms with van der Waals surface area (Å²) in [6, 6.07) is 16.4. The fourth-order valence-corrected chi connectivity index (χ4v) is 3.22. The van der Waals surface area contributed by atoms with Gasteiger partial charge >= 0.3 is 0 Å². The molecule has 26 heavy (non-hydrogen) atoms. The van der Waals surface area contributed by atoms with E-state index < -0.39 is 0 Å². The first-order chi connectivity index (χ1) is 12.5. The molecule has 1 aromatic heterocycles. The minimum Gasteiger partial charge on any atom is -0.298 e. The van der Waals surface area contributed by atoms with E-state index in [0.29, 0.717) is 11.0 Å². The number of hydrogen-bond donors (Lipinski definition) is 1. The number of thiazole rings is 1. The Hall–Kier alpha value is -2.72. The van der Waals surface area contributed by atoms with Crippen LogP contribution in [0.2, 0.25) is 0 Å². The molecule has 3 aromatic rings. The molecule has 0 aliphatic heterocycles. The maximum atomic E-state index is 12.1. The van der Waals surface area contributed by atoms with E-state index in [2.05, 4.69) is 48.4 Å². The lowest BCUT2D eigenvalue weighted by atomic mass is 10.0. The minimum absolute atomic E-state index is 0.179. The second-order valence-corrected chi connectivity index (χ2v) is 7.41. The van der Waals surface area contributed by atoms with Crippen LogP contribution in [0.3, 0.4) is 0 Å². The Morgan fingerprint density at radius 3 is 2.42 bits per heavy atom. The number of rotatable bonds is 5. The lowest BCUT2D eigenvalue weighted by molar-refractivity contribution is -0.111. The average molecular weight is 362 g/mol. The van der Waals surface area contributed by atoms with Crippen LogP contribution in [0.25, 0.3) is 17.3 Å². The molecule has 2 aromatic carbocycles. The molecule has 0 saturated heterocycles. The van der Waals surface area contributed by atoms with Crippen molar-refractivity contribution in [1.29, 1.82) is 0 Å². The van der Waals surface area contributed by atoms with Crippen molar-refractivity contribution >= 4 is 28.5 Å². The molecule has 3 rings (SSSR count). The van der Waals surface area contributed by atoms with Gasteiger partial charge in [0.15, 0.2) is 5.13 Å². The van der Waals surface area contributed by atoms with Crippen molar-refractivity contribution < 1.29 is 4.79 Å². The van der Waals surface area contributed by atoms with E-state index in [9.17, 15) is 4.79 Å². The van der Waals surface area contributed by atoms with Gasteiger partial charge in [-0.1, -0.05) is 67.9 Å². The van der Waals surface area contributed by atoms with E-state index in [1.165, 1.54) is 28.5 Å².